The minimum atomic E-state index is -0.466. The first kappa shape index (κ1) is 9.53. The van der Waals surface area contributed by atoms with Gasteiger partial charge in [-0.25, -0.2) is 0 Å². The molecule has 0 fully saturated rings. The first-order chi connectivity index (χ1) is 4.41. The molecule has 0 heterocycles. The van der Waals surface area contributed by atoms with Gasteiger partial charge in [0.15, 0.2) is 0 Å². The summed E-state index contributed by atoms with van der Waals surface area (Å²) in [7, 11) is 9.75. The number of halogens is 3. The molecule has 0 N–H and O–H groups in total. The summed E-state index contributed by atoms with van der Waals surface area (Å²) in [6.07, 6.45) is 0. The second kappa shape index (κ2) is 8.53. The Hall–Kier alpha value is 0.530. The van der Waals surface area contributed by atoms with E-state index in [0.717, 1.165) is 0 Å². The van der Waals surface area contributed by atoms with E-state index in [4.69, 9.17) is 17.8 Å². The van der Waals surface area contributed by atoms with Crippen LogP contribution in [0, 0.1) is 0 Å². The summed E-state index contributed by atoms with van der Waals surface area (Å²) in [5.74, 6) is 0. The van der Waals surface area contributed by atoms with E-state index in [1.165, 1.54) is 0 Å². The van der Waals surface area contributed by atoms with Crippen molar-refractivity contribution in [3.05, 3.63) is 36.4 Å². The third-order valence-electron chi connectivity index (χ3n) is 0.667. The molecule has 0 nitrogen and oxygen atoms in total. The van der Waals surface area contributed by atoms with Crippen molar-refractivity contribution in [2.45, 2.75) is 0 Å². The predicted molar refractivity (Wildman–Crippen MR) is 38.1 cm³/mol. The van der Waals surface area contributed by atoms with Crippen LogP contribution in [0.5, 0.6) is 0 Å². The van der Waals surface area contributed by atoms with Gasteiger partial charge in [-0.15, -0.1) is 0 Å². The molecule has 0 saturated heterocycles. The second-order valence-electron chi connectivity index (χ2n) is 1.21. The fourth-order valence-electron chi connectivity index (χ4n) is 0.385. The maximum Gasteiger partial charge on any atom is -0.0623 e. The van der Waals surface area contributed by atoms with E-state index in [0.29, 0.717) is 0 Å². The molecule has 0 aliphatic heterocycles. The summed E-state index contributed by atoms with van der Waals surface area (Å²) in [6.45, 7) is 0. The molecule has 0 amide bonds. The summed E-state index contributed by atoms with van der Waals surface area (Å²) in [6, 6.07) is 12.0. The SMILES string of the molecule is Cl[I-]Cl.c1ccccc1. The number of hydrogen-bond donors (Lipinski definition) is 0. The van der Waals surface area contributed by atoms with E-state index in [-0.39, 0.29) is 0 Å². The molecular formula is C6H6Cl2I-. The van der Waals surface area contributed by atoms with Crippen LogP contribution in [0.2, 0.25) is 0 Å². The normalized spacial score (nSPS) is 7.78. The van der Waals surface area contributed by atoms with Crippen molar-refractivity contribution in [3.8, 4) is 0 Å². The predicted octanol–water partition coefficient (Wildman–Crippen LogP) is 0.0696. The molecule has 1 aromatic rings. The van der Waals surface area contributed by atoms with Crippen LogP contribution in [0.1, 0.15) is 0 Å². The van der Waals surface area contributed by atoms with Crippen LogP contribution in [0.3, 0.4) is 0 Å². The van der Waals surface area contributed by atoms with E-state index in [1.807, 2.05) is 36.4 Å². The molecular weight excluding hydrogens is 270 g/mol. The van der Waals surface area contributed by atoms with Gasteiger partial charge in [0.1, 0.15) is 0 Å². The third kappa shape index (κ3) is 8.53. The molecule has 0 saturated carbocycles. The standard InChI is InChI=1S/C6H6.Cl2I/c1-2-4-6-5-3-1;1-3-2/h1-6H;/q;-1. The van der Waals surface area contributed by atoms with Crippen LogP contribution in [-0.4, -0.2) is 0 Å². The molecule has 0 spiro atoms. The molecule has 3 heteroatoms. The summed E-state index contributed by atoms with van der Waals surface area (Å²) >= 11 is -0.466. The van der Waals surface area contributed by atoms with Crippen molar-refractivity contribution in [2.75, 3.05) is 0 Å². The van der Waals surface area contributed by atoms with E-state index >= 15 is 0 Å². The minimum Gasteiger partial charge on any atom is -0.0623 e. The number of rotatable bonds is 0. The Morgan fingerprint density at radius 3 is 0.889 bits per heavy atom. The Labute approximate surface area is 72.9 Å². The van der Waals surface area contributed by atoms with Crippen molar-refractivity contribution < 1.29 is 18.9 Å². The van der Waals surface area contributed by atoms with E-state index in [9.17, 15) is 0 Å². The molecule has 0 aromatic heterocycles. The van der Waals surface area contributed by atoms with Crippen LogP contribution in [0.4, 0.5) is 0 Å². The topological polar surface area (TPSA) is 0 Å². The molecule has 0 radical (unpaired) electrons. The number of hydrogen-bond acceptors (Lipinski definition) is 0. The molecule has 1 rings (SSSR count). The molecule has 52 valence electrons. The third-order valence-corrected chi connectivity index (χ3v) is 0.667. The fourth-order valence-corrected chi connectivity index (χ4v) is 0.385. The molecule has 0 atom stereocenters. The minimum absolute atomic E-state index is 0.466. The Balaban J connectivity index is 0.000000187. The molecule has 0 aliphatic rings. The molecule has 0 bridgehead atoms. The van der Waals surface area contributed by atoms with Gasteiger partial charge >= 0.3 is 36.8 Å². The zero-order valence-corrected chi connectivity index (χ0v) is 8.27. The van der Waals surface area contributed by atoms with Gasteiger partial charge in [-0.3, -0.25) is 0 Å². The summed E-state index contributed by atoms with van der Waals surface area (Å²) < 4.78 is 0. The van der Waals surface area contributed by atoms with Gasteiger partial charge in [0, 0.05) is 0 Å². The smallest absolute Gasteiger partial charge is 0.0623 e. The molecule has 0 unspecified atom stereocenters. The van der Waals surface area contributed by atoms with Crippen molar-refractivity contribution in [1.29, 1.82) is 0 Å². The van der Waals surface area contributed by atoms with Gasteiger partial charge in [0.2, 0.25) is 0 Å². The maximum atomic E-state index is 4.87. The van der Waals surface area contributed by atoms with Crippen molar-refractivity contribution in [1.82, 2.24) is 0 Å². The van der Waals surface area contributed by atoms with Crippen LogP contribution in [0.15, 0.2) is 36.4 Å². The summed E-state index contributed by atoms with van der Waals surface area (Å²) in [5.41, 5.74) is 0. The zero-order chi connectivity index (χ0) is 6.95. The summed E-state index contributed by atoms with van der Waals surface area (Å²) in [5, 5.41) is 0. The number of benzene rings is 1. The van der Waals surface area contributed by atoms with Crippen LogP contribution < -0.4 is 18.9 Å². The average molecular weight is 276 g/mol. The molecule has 0 aliphatic carbocycles. The van der Waals surface area contributed by atoms with E-state index in [1.54, 1.807) is 0 Å². The largest absolute Gasteiger partial charge is 0.0623 e. The van der Waals surface area contributed by atoms with Gasteiger partial charge in [-0.05, 0) is 0 Å². The summed E-state index contributed by atoms with van der Waals surface area (Å²) in [4.78, 5) is 0. The van der Waals surface area contributed by atoms with Crippen LogP contribution >= 0.6 is 17.8 Å². The van der Waals surface area contributed by atoms with Gasteiger partial charge in [0.05, 0.1) is 0 Å². The molecule has 9 heavy (non-hydrogen) atoms. The van der Waals surface area contributed by atoms with Crippen molar-refractivity contribution in [2.24, 2.45) is 0 Å². The van der Waals surface area contributed by atoms with Crippen molar-refractivity contribution >= 4 is 17.8 Å². The van der Waals surface area contributed by atoms with Gasteiger partial charge < -0.3 is 0 Å². The maximum absolute atomic E-state index is 4.87. The average Bonchev–Trinajstić information content (AvgIpc) is 1.93. The van der Waals surface area contributed by atoms with Gasteiger partial charge in [0.25, 0.3) is 0 Å². The Bertz CT molecular complexity index is 93.9. The first-order valence-corrected chi connectivity index (χ1v) is 7.75. The monoisotopic (exact) mass is 275 g/mol. The Morgan fingerprint density at radius 2 is 0.778 bits per heavy atom. The van der Waals surface area contributed by atoms with Gasteiger partial charge in [-0.2, -0.15) is 0 Å². The first-order valence-electron chi connectivity index (χ1n) is 2.29. The van der Waals surface area contributed by atoms with E-state index in [2.05, 4.69) is 0 Å². The van der Waals surface area contributed by atoms with Crippen LogP contribution in [-0.2, 0) is 0 Å². The van der Waals surface area contributed by atoms with E-state index < -0.39 is 18.9 Å². The zero-order valence-electron chi connectivity index (χ0n) is 4.60. The Morgan fingerprint density at radius 1 is 0.667 bits per heavy atom. The van der Waals surface area contributed by atoms with Gasteiger partial charge in [-0.1, -0.05) is 36.4 Å². The van der Waals surface area contributed by atoms with Crippen molar-refractivity contribution in [3.63, 3.8) is 0 Å². The molecule has 1 aromatic carbocycles. The second-order valence-corrected chi connectivity index (χ2v) is 4.41. The Kier molecular flexibility index (Phi) is 9.03. The quantitative estimate of drug-likeness (QED) is 0.588. The van der Waals surface area contributed by atoms with Crippen LogP contribution in [0.25, 0.3) is 0 Å². The fraction of sp³-hybridized carbons (Fsp3) is 0.